The van der Waals surface area contributed by atoms with Crippen LogP contribution in [0.2, 0.25) is 0 Å². The van der Waals surface area contributed by atoms with Gasteiger partial charge in [-0.2, -0.15) is 5.10 Å². The highest BCUT2D eigenvalue weighted by molar-refractivity contribution is 7.89. The van der Waals surface area contributed by atoms with Gasteiger partial charge in [-0.3, -0.25) is 0 Å². The summed E-state index contributed by atoms with van der Waals surface area (Å²) in [5.74, 6) is 1.64. The first-order valence-corrected chi connectivity index (χ1v) is 11.4. The second-order valence-corrected chi connectivity index (χ2v) is 8.96. The number of nitrogens with zero attached hydrogens (tertiary/aromatic N) is 5. The molecule has 1 saturated heterocycles. The smallest absolute Gasteiger partial charge is 0.233 e. The van der Waals surface area contributed by atoms with Crippen molar-refractivity contribution in [3.05, 3.63) is 60.9 Å². The number of rotatable bonds is 8. The van der Waals surface area contributed by atoms with E-state index in [0.29, 0.717) is 43.4 Å². The zero-order chi connectivity index (χ0) is 20.8. The minimum Gasteiger partial charge on any atom is -0.492 e. The van der Waals surface area contributed by atoms with Crippen LogP contribution in [-0.4, -0.2) is 64.3 Å². The van der Waals surface area contributed by atoms with E-state index >= 15 is 0 Å². The molecule has 158 valence electrons. The Bertz CT molecular complexity index is 1020. The van der Waals surface area contributed by atoms with Crippen LogP contribution in [0, 0.1) is 0 Å². The Labute approximate surface area is 175 Å². The number of hydrogen-bond donors (Lipinski definition) is 0. The third kappa shape index (κ3) is 5.14. The Kier molecular flexibility index (Phi) is 6.24. The molecule has 1 fully saturated rings. The highest BCUT2D eigenvalue weighted by atomic mass is 32.2. The van der Waals surface area contributed by atoms with Crippen LogP contribution in [-0.2, 0) is 10.0 Å². The third-order valence-electron chi connectivity index (χ3n) is 4.80. The number of ether oxygens (including phenoxy) is 2. The summed E-state index contributed by atoms with van der Waals surface area (Å²) in [5.41, 5.74) is 0. The molecule has 0 amide bonds. The fraction of sp³-hybridized carbons (Fsp3) is 0.350. The van der Waals surface area contributed by atoms with Gasteiger partial charge in [0.1, 0.15) is 18.5 Å². The molecule has 0 atom stereocenters. The minimum absolute atomic E-state index is 0.0478. The molecule has 0 saturated carbocycles. The van der Waals surface area contributed by atoms with Crippen LogP contribution in [0.15, 0.2) is 60.9 Å². The molecule has 0 aliphatic carbocycles. The number of sulfonamides is 1. The van der Waals surface area contributed by atoms with Crippen LogP contribution in [0.3, 0.4) is 0 Å². The quantitative estimate of drug-likeness (QED) is 0.539. The van der Waals surface area contributed by atoms with Crippen molar-refractivity contribution in [1.82, 2.24) is 24.3 Å². The molecule has 3 aromatic rings. The zero-order valence-corrected chi connectivity index (χ0v) is 17.2. The predicted octanol–water partition coefficient (Wildman–Crippen LogP) is 1.91. The summed E-state index contributed by atoms with van der Waals surface area (Å²) in [6, 6.07) is 14.5. The molecule has 1 aliphatic rings. The lowest BCUT2D eigenvalue weighted by Crippen LogP contribution is -2.43. The van der Waals surface area contributed by atoms with Gasteiger partial charge in [0.15, 0.2) is 5.82 Å². The van der Waals surface area contributed by atoms with Crippen molar-refractivity contribution in [2.24, 2.45) is 0 Å². The Balaban J connectivity index is 1.24. The van der Waals surface area contributed by atoms with Gasteiger partial charge in [0.05, 0.1) is 5.75 Å². The average Bonchev–Trinajstić information content (AvgIpc) is 3.30. The molecule has 0 unspecified atom stereocenters. The molecular formula is C20H23N5O4S. The predicted molar refractivity (Wildman–Crippen MR) is 110 cm³/mol. The highest BCUT2D eigenvalue weighted by Crippen LogP contribution is 2.20. The Hall–Kier alpha value is -2.98. The van der Waals surface area contributed by atoms with Crippen molar-refractivity contribution < 1.29 is 17.9 Å². The lowest BCUT2D eigenvalue weighted by atomic mass is 10.1. The van der Waals surface area contributed by atoms with Crippen molar-refractivity contribution in [2.75, 3.05) is 25.4 Å². The van der Waals surface area contributed by atoms with Gasteiger partial charge >= 0.3 is 0 Å². The number of piperidine rings is 1. The molecule has 0 radical (unpaired) electrons. The fourth-order valence-electron chi connectivity index (χ4n) is 3.21. The highest BCUT2D eigenvalue weighted by Gasteiger charge is 2.29. The van der Waals surface area contributed by atoms with E-state index < -0.39 is 10.0 Å². The first-order valence-electron chi connectivity index (χ1n) is 9.76. The minimum atomic E-state index is -3.37. The van der Waals surface area contributed by atoms with E-state index in [9.17, 15) is 8.42 Å². The molecule has 30 heavy (non-hydrogen) atoms. The standard InChI is InChI=1S/C20H23N5O4S/c26-30(27,16-15-28-17-5-2-1-3-6-17)24-13-9-18(10-14-24)29-20-8-7-19(22-23-20)25-12-4-11-21-25/h1-8,11-12,18H,9-10,13-16H2. The molecule has 0 bridgehead atoms. The number of para-hydroxylation sites is 1. The van der Waals surface area contributed by atoms with E-state index in [4.69, 9.17) is 9.47 Å². The topological polar surface area (TPSA) is 99.4 Å². The lowest BCUT2D eigenvalue weighted by molar-refractivity contribution is 0.128. The maximum absolute atomic E-state index is 12.6. The van der Waals surface area contributed by atoms with Crippen LogP contribution in [0.5, 0.6) is 11.6 Å². The van der Waals surface area contributed by atoms with Gasteiger partial charge in [-0.05, 0) is 37.1 Å². The largest absolute Gasteiger partial charge is 0.492 e. The zero-order valence-electron chi connectivity index (χ0n) is 16.4. The SMILES string of the molecule is O=S(=O)(CCOc1ccccc1)N1CCC(Oc2ccc(-n3cccn3)nn2)CC1. The van der Waals surface area contributed by atoms with Gasteiger partial charge in [-0.1, -0.05) is 18.2 Å². The monoisotopic (exact) mass is 429 g/mol. The molecule has 1 aliphatic heterocycles. The van der Waals surface area contributed by atoms with Gasteiger partial charge in [-0.15, -0.1) is 10.2 Å². The fourth-order valence-corrected chi connectivity index (χ4v) is 4.53. The van der Waals surface area contributed by atoms with Crippen LogP contribution in [0.4, 0.5) is 0 Å². The molecule has 0 spiro atoms. The van der Waals surface area contributed by atoms with E-state index in [-0.39, 0.29) is 18.5 Å². The van der Waals surface area contributed by atoms with E-state index in [1.54, 1.807) is 41.3 Å². The van der Waals surface area contributed by atoms with Gasteiger partial charge < -0.3 is 9.47 Å². The van der Waals surface area contributed by atoms with Crippen molar-refractivity contribution in [3.8, 4) is 17.4 Å². The second kappa shape index (κ2) is 9.23. The van der Waals surface area contributed by atoms with Crippen LogP contribution in [0.25, 0.3) is 5.82 Å². The second-order valence-electron chi connectivity index (χ2n) is 6.87. The molecule has 9 nitrogen and oxygen atoms in total. The van der Waals surface area contributed by atoms with Gasteiger partial charge in [0.2, 0.25) is 15.9 Å². The number of aromatic nitrogens is 4. The molecule has 3 heterocycles. The van der Waals surface area contributed by atoms with E-state index in [0.717, 1.165) is 0 Å². The summed E-state index contributed by atoms with van der Waals surface area (Å²) in [6.07, 6.45) is 4.55. The Morgan fingerprint density at radius 1 is 1.00 bits per heavy atom. The number of hydrogen-bond acceptors (Lipinski definition) is 7. The summed E-state index contributed by atoms with van der Waals surface area (Å²) in [6.45, 7) is 0.954. The lowest BCUT2D eigenvalue weighted by Gasteiger charge is -2.31. The van der Waals surface area contributed by atoms with E-state index in [2.05, 4.69) is 15.3 Å². The van der Waals surface area contributed by atoms with E-state index in [1.165, 1.54) is 4.31 Å². The first kappa shape index (κ1) is 20.3. The van der Waals surface area contributed by atoms with Gasteiger partial charge in [0, 0.05) is 31.5 Å². The summed E-state index contributed by atoms with van der Waals surface area (Å²) in [7, 11) is -3.37. The molecule has 0 N–H and O–H groups in total. The van der Waals surface area contributed by atoms with Crippen molar-refractivity contribution >= 4 is 10.0 Å². The maximum atomic E-state index is 12.6. The van der Waals surface area contributed by atoms with Crippen molar-refractivity contribution in [2.45, 2.75) is 18.9 Å². The van der Waals surface area contributed by atoms with E-state index in [1.807, 2.05) is 24.3 Å². The summed E-state index contributed by atoms with van der Waals surface area (Å²) in [4.78, 5) is 0. The van der Waals surface area contributed by atoms with Gasteiger partial charge in [0.25, 0.3) is 0 Å². The summed E-state index contributed by atoms with van der Waals surface area (Å²) < 4.78 is 39.6. The molecule has 2 aromatic heterocycles. The van der Waals surface area contributed by atoms with Crippen LogP contribution < -0.4 is 9.47 Å². The molecular weight excluding hydrogens is 406 g/mol. The van der Waals surface area contributed by atoms with Crippen LogP contribution >= 0.6 is 0 Å². The number of benzene rings is 1. The van der Waals surface area contributed by atoms with Crippen LogP contribution in [0.1, 0.15) is 12.8 Å². The maximum Gasteiger partial charge on any atom is 0.233 e. The van der Waals surface area contributed by atoms with Gasteiger partial charge in [-0.25, -0.2) is 17.4 Å². The first-order chi connectivity index (χ1) is 14.6. The van der Waals surface area contributed by atoms with Crippen molar-refractivity contribution in [3.63, 3.8) is 0 Å². The molecule has 1 aromatic carbocycles. The molecule has 4 rings (SSSR count). The normalized spacial score (nSPS) is 15.7. The Morgan fingerprint density at radius 3 is 2.47 bits per heavy atom. The third-order valence-corrected chi connectivity index (χ3v) is 6.63. The average molecular weight is 430 g/mol. The Morgan fingerprint density at radius 2 is 1.80 bits per heavy atom. The summed E-state index contributed by atoms with van der Waals surface area (Å²) >= 11 is 0. The summed E-state index contributed by atoms with van der Waals surface area (Å²) in [5, 5.41) is 12.3. The molecule has 10 heteroatoms. The van der Waals surface area contributed by atoms with Crippen molar-refractivity contribution in [1.29, 1.82) is 0 Å².